The van der Waals surface area contributed by atoms with Gasteiger partial charge in [0.15, 0.2) is 5.11 Å². The monoisotopic (exact) mass is 369 g/mol. The molecule has 0 saturated carbocycles. The normalized spacial score (nSPS) is 10.5. The number of aryl methyl sites for hydroxylation is 1. The van der Waals surface area contributed by atoms with Gasteiger partial charge in [-0.2, -0.15) is 0 Å². The molecule has 1 rings (SSSR count). The van der Waals surface area contributed by atoms with E-state index in [1.165, 1.54) is 11.3 Å². The van der Waals surface area contributed by atoms with Gasteiger partial charge in [0, 0.05) is 17.0 Å². The standard InChI is InChI=1S/C15H19N3O4S2/c1-4-9-8(3)24-14(12(9)13(16)21)18-15(23)17-10(19)6-7-11(20)22-5-2/h6-7H,4-5H2,1-3H3,(H2,16,21)(H2,17,18,19,23)/b7-6+. The van der Waals surface area contributed by atoms with E-state index in [1.807, 2.05) is 13.8 Å². The van der Waals surface area contributed by atoms with Crippen LogP contribution in [0.3, 0.4) is 0 Å². The first-order valence-corrected chi connectivity index (χ1v) is 8.41. The fourth-order valence-corrected chi connectivity index (χ4v) is 3.40. The Morgan fingerprint density at radius 2 is 1.96 bits per heavy atom. The van der Waals surface area contributed by atoms with E-state index >= 15 is 0 Å². The molecule has 0 spiro atoms. The molecule has 0 fully saturated rings. The van der Waals surface area contributed by atoms with Crippen LogP contribution in [0.1, 0.15) is 34.6 Å². The highest BCUT2D eigenvalue weighted by atomic mass is 32.1. The van der Waals surface area contributed by atoms with Gasteiger partial charge < -0.3 is 15.8 Å². The highest BCUT2D eigenvalue weighted by Gasteiger charge is 2.19. The van der Waals surface area contributed by atoms with E-state index in [-0.39, 0.29) is 11.7 Å². The molecule has 0 aliphatic heterocycles. The molecule has 24 heavy (non-hydrogen) atoms. The van der Waals surface area contributed by atoms with E-state index in [0.29, 0.717) is 17.0 Å². The van der Waals surface area contributed by atoms with Gasteiger partial charge in [0.05, 0.1) is 12.2 Å². The number of ether oxygens (including phenoxy) is 1. The summed E-state index contributed by atoms with van der Waals surface area (Å²) >= 11 is 6.37. The molecule has 0 aromatic carbocycles. The molecule has 0 atom stereocenters. The molecule has 1 heterocycles. The summed E-state index contributed by atoms with van der Waals surface area (Å²) in [5, 5.41) is 5.66. The van der Waals surface area contributed by atoms with Crippen molar-refractivity contribution in [1.82, 2.24) is 5.32 Å². The second-order valence-corrected chi connectivity index (χ2v) is 6.22. The Hall–Kier alpha value is -2.26. The quantitative estimate of drug-likeness (QED) is 0.399. The molecule has 0 aliphatic rings. The zero-order valence-corrected chi connectivity index (χ0v) is 15.2. The highest BCUT2D eigenvalue weighted by molar-refractivity contribution is 7.80. The van der Waals surface area contributed by atoms with Crippen LogP contribution in [-0.4, -0.2) is 29.5 Å². The van der Waals surface area contributed by atoms with E-state index in [2.05, 4.69) is 15.4 Å². The van der Waals surface area contributed by atoms with Gasteiger partial charge in [0.25, 0.3) is 5.91 Å². The number of nitrogens with two attached hydrogens (primary N) is 1. The molecule has 7 nitrogen and oxygen atoms in total. The molecule has 2 amide bonds. The number of anilines is 1. The Kier molecular flexibility index (Phi) is 7.53. The molecule has 4 N–H and O–H groups in total. The van der Waals surface area contributed by atoms with Crippen molar-refractivity contribution in [2.24, 2.45) is 5.73 Å². The van der Waals surface area contributed by atoms with Crippen LogP contribution in [0.25, 0.3) is 0 Å². The number of hydrogen-bond acceptors (Lipinski definition) is 6. The predicted molar refractivity (Wildman–Crippen MR) is 97.1 cm³/mol. The molecular weight excluding hydrogens is 350 g/mol. The molecule has 0 saturated heterocycles. The number of thiocarbonyl (C=S) groups is 1. The fourth-order valence-electron chi connectivity index (χ4n) is 1.98. The number of amides is 2. The summed E-state index contributed by atoms with van der Waals surface area (Å²) in [4.78, 5) is 35.4. The van der Waals surface area contributed by atoms with Gasteiger partial charge in [-0.15, -0.1) is 11.3 Å². The van der Waals surface area contributed by atoms with Gasteiger partial charge in [0.1, 0.15) is 5.00 Å². The van der Waals surface area contributed by atoms with Gasteiger partial charge in [-0.3, -0.25) is 14.9 Å². The van der Waals surface area contributed by atoms with Crippen LogP contribution < -0.4 is 16.4 Å². The molecular formula is C15H19N3O4S2. The maximum Gasteiger partial charge on any atom is 0.330 e. The number of carbonyl (C=O) groups is 3. The molecule has 1 aromatic rings. The lowest BCUT2D eigenvalue weighted by atomic mass is 10.1. The molecule has 0 radical (unpaired) electrons. The summed E-state index contributed by atoms with van der Waals surface area (Å²) < 4.78 is 4.66. The minimum absolute atomic E-state index is 0.0000815. The third kappa shape index (κ3) is 5.43. The lowest BCUT2D eigenvalue weighted by Crippen LogP contribution is -2.33. The van der Waals surface area contributed by atoms with E-state index < -0.39 is 17.8 Å². The fraction of sp³-hybridized carbons (Fsp3) is 0.333. The predicted octanol–water partition coefficient (Wildman–Crippen LogP) is 1.65. The molecule has 0 bridgehead atoms. The van der Waals surface area contributed by atoms with Crippen molar-refractivity contribution in [3.63, 3.8) is 0 Å². The Balaban J connectivity index is 2.77. The summed E-state index contributed by atoms with van der Waals surface area (Å²) in [7, 11) is 0. The molecule has 130 valence electrons. The van der Waals surface area contributed by atoms with Crippen LogP contribution in [0.5, 0.6) is 0 Å². The van der Waals surface area contributed by atoms with Crippen molar-refractivity contribution < 1.29 is 19.1 Å². The SMILES string of the molecule is CCOC(=O)/C=C/C(=O)NC(=S)Nc1sc(C)c(CC)c1C(N)=O. The highest BCUT2D eigenvalue weighted by Crippen LogP contribution is 2.32. The number of thiophene rings is 1. The van der Waals surface area contributed by atoms with Crippen LogP contribution in [0, 0.1) is 6.92 Å². The van der Waals surface area contributed by atoms with Crippen molar-refractivity contribution in [1.29, 1.82) is 0 Å². The van der Waals surface area contributed by atoms with Gasteiger partial charge in [-0.25, -0.2) is 4.79 Å². The van der Waals surface area contributed by atoms with Crippen molar-refractivity contribution in [3.8, 4) is 0 Å². The van der Waals surface area contributed by atoms with E-state index in [9.17, 15) is 14.4 Å². The van der Waals surface area contributed by atoms with Crippen LogP contribution in [0.2, 0.25) is 0 Å². The number of primary amides is 1. The first kappa shape index (κ1) is 19.8. The van der Waals surface area contributed by atoms with Gasteiger partial charge >= 0.3 is 5.97 Å². The Bertz CT molecular complexity index is 695. The minimum Gasteiger partial charge on any atom is -0.463 e. The summed E-state index contributed by atoms with van der Waals surface area (Å²) in [6, 6.07) is 0. The summed E-state index contributed by atoms with van der Waals surface area (Å²) in [5.41, 5.74) is 6.65. The summed E-state index contributed by atoms with van der Waals surface area (Å²) in [6.07, 6.45) is 2.67. The first-order valence-electron chi connectivity index (χ1n) is 7.18. The largest absolute Gasteiger partial charge is 0.463 e. The van der Waals surface area contributed by atoms with Gasteiger partial charge in [-0.1, -0.05) is 6.92 Å². The second-order valence-electron chi connectivity index (χ2n) is 4.59. The van der Waals surface area contributed by atoms with Crippen LogP contribution >= 0.6 is 23.6 Å². The summed E-state index contributed by atoms with van der Waals surface area (Å²) in [5.74, 6) is -1.77. The Morgan fingerprint density at radius 1 is 1.29 bits per heavy atom. The average molecular weight is 369 g/mol. The van der Waals surface area contributed by atoms with Crippen molar-refractivity contribution in [3.05, 3.63) is 28.2 Å². The topological polar surface area (TPSA) is 111 Å². The molecule has 0 aliphatic carbocycles. The first-order chi connectivity index (χ1) is 11.3. The number of carbonyl (C=O) groups excluding carboxylic acids is 3. The van der Waals surface area contributed by atoms with Crippen molar-refractivity contribution in [2.45, 2.75) is 27.2 Å². The smallest absolute Gasteiger partial charge is 0.330 e. The number of rotatable bonds is 6. The van der Waals surface area contributed by atoms with E-state index in [4.69, 9.17) is 18.0 Å². The second kappa shape index (κ2) is 9.14. The average Bonchev–Trinajstić information content (AvgIpc) is 2.80. The van der Waals surface area contributed by atoms with E-state index in [0.717, 1.165) is 22.6 Å². The summed E-state index contributed by atoms with van der Waals surface area (Å²) in [6.45, 7) is 5.68. The van der Waals surface area contributed by atoms with Gasteiger partial charge in [0.2, 0.25) is 5.91 Å². The van der Waals surface area contributed by atoms with E-state index in [1.54, 1.807) is 6.92 Å². The van der Waals surface area contributed by atoms with Crippen LogP contribution in [-0.2, 0) is 20.7 Å². The Labute approximate surface area is 149 Å². The third-order valence-electron chi connectivity index (χ3n) is 2.93. The van der Waals surface area contributed by atoms with Crippen molar-refractivity contribution >= 4 is 51.5 Å². The molecule has 1 aromatic heterocycles. The maximum atomic E-state index is 11.7. The zero-order chi connectivity index (χ0) is 18.3. The zero-order valence-electron chi connectivity index (χ0n) is 13.6. The van der Waals surface area contributed by atoms with Crippen LogP contribution in [0.4, 0.5) is 5.00 Å². The lowest BCUT2D eigenvalue weighted by Gasteiger charge is -2.08. The minimum atomic E-state index is -0.621. The Morgan fingerprint density at radius 3 is 2.50 bits per heavy atom. The van der Waals surface area contributed by atoms with Crippen LogP contribution in [0.15, 0.2) is 12.2 Å². The van der Waals surface area contributed by atoms with Crippen molar-refractivity contribution in [2.75, 3.05) is 11.9 Å². The number of hydrogen-bond donors (Lipinski definition) is 3. The van der Waals surface area contributed by atoms with Gasteiger partial charge in [-0.05, 0) is 38.0 Å². The third-order valence-corrected chi connectivity index (χ3v) is 4.20. The lowest BCUT2D eigenvalue weighted by molar-refractivity contribution is -0.137. The molecule has 0 unspecified atom stereocenters. The number of esters is 1. The number of nitrogens with one attached hydrogen (secondary N) is 2. The molecule has 9 heteroatoms. The maximum absolute atomic E-state index is 11.7.